The van der Waals surface area contributed by atoms with Crippen molar-refractivity contribution in [3.8, 4) is 17.2 Å². The summed E-state index contributed by atoms with van der Waals surface area (Å²) < 4.78 is 1.77. The zero-order valence-corrected chi connectivity index (χ0v) is 18.2. The molecule has 0 bridgehead atoms. The van der Waals surface area contributed by atoms with Crippen molar-refractivity contribution in [2.75, 3.05) is 0 Å². The van der Waals surface area contributed by atoms with Crippen LogP contribution in [0.15, 0.2) is 36.8 Å². The van der Waals surface area contributed by atoms with Gasteiger partial charge in [-0.15, -0.1) is 0 Å². The van der Waals surface area contributed by atoms with Crippen molar-refractivity contribution in [3.63, 3.8) is 0 Å². The lowest BCUT2D eigenvalue weighted by atomic mass is 10.0. The molecule has 4 heterocycles. The van der Waals surface area contributed by atoms with Gasteiger partial charge in [-0.25, -0.2) is 9.97 Å². The van der Waals surface area contributed by atoms with E-state index >= 15 is 0 Å². The molecule has 0 aliphatic rings. The van der Waals surface area contributed by atoms with Crippen LogP contribution in [0.5, 0.6) is 0 Å². The van der Waals surface area contributed by atoms with Gasteiger partial charge in [0.1, 0.15) is 28.3 Å². The van der Waals surface area contributed by atoms with Gasteiger partial charge in [0.2, 0.25) is 0 Å². The number of aromatic nitrogens is 4. The van der Waals surface area contributed by atoms with Crippen LogP contribution in [0.4, 0.5) is 0 Å². The number of rotatable bonds is 4. The number of imidazole rings is 1. The normalized spacial score (nSPS) is 10.5. The van der Waals surface area contributed by atoms with Crippen molar-refractivity contribution in [2.24, 2.45) is 0 Å². The molecule has 0 fully saturated rings. The molecule has 7 heteroatoms. The highest BCUT2D eigenvalue weighted by Crippen LogP contribution is 2.32. The van der Waals surface area contributed by atoms with Gasteiger partial charge in [-0.3, -0.25) is 14.2 Å². The van der Waals surface area contributed by atoms with Gasteiger partial charge < -0.3 is 0 Å². The fraction of sp³-hybridized carbons (Fsp3) is 0.261. The van der Waals surface area contributed by atoms with E-state index in [4.69, 9.17) is 11.6 Å². The van der Waals surface area contributed by atoms with Gasteiger partial charge in [-0.2, -0.15) is 5.26 Å². The lowest BCUT2D eigenvalue weighted by Gasteiger charge is -2.12. The molecule has 30 heavy (non-hydrogen) atoms. The molecule has 0 unspecified atom stereocenters. The molecule has 152 valence electrons. The van der Waals surface area contributed by atoms with Gasteiger partial charge in [0.15, 0.2) is 5.78 Å². The average Bonchev–Trinajstić information content (AvgIpc) is 3.19. The summed E-state index contributed by atoms with van der Waals surface area (Å²) in [7, 11) is 0. The van der Waals surface area contributed by atoms with Gasteiger partial charge in [-0.1, -0.05) is 32.4 Å². The van der Waals surface area contributed by atoms with Crippen LogP contribution in [0.3, 0.4) is 0 Å². The third kappa shape index (κ3) is 3.77. The standard InChI is InChI=1S/C21H16ClN5O.C2H6/c1-3-4-19(28)17-5-12(2)16(11-24-17)15-6-13-9-25-20(22)7-18(13)27-14(8-23)10-26-21(15)27;1-2/h5-7,9-11H,3-4H2,1-2H3;1-2H3. The molecule has 0 saturated carbocycles. The van der Waals surface area contributed by atoms with E-state index < -0.39 is 0 Å². The fourth-order valence-electron chi connectivity index (χ4n) is 3.36. The maximum absolute atomic E-state index is 12.2. The maximum Gasteiger partial charge on any atom is 0.181 e. The van der Waals surface area contributed by atoms with Crippen molar-refractivity contribution in [1.29, 1.82) is 5.26 Å². The zero-order chi connectivity index (χ0) is 21.8. The number of ketones is 1. The molecule has 0 aliphatic carbocycles. The number of carbonyl (C=O) groups is 1. The van der Waals surface area contributed by atoms with Crippen molar-refractivity contribution in [2.45, 2.75) is 40.5 Å². The summed E-state index contributed by atoms with van der Waals surface area (Å²) in [6.07, 6.45) is 6.17. The second-order valence-electron chi connectivity index (χ2n) is 6.60. The predicted molar refractivity (Wildman–Crippen MR) is 119 cm³/mol. The van der Waals surface area contributed by atoms with E-state index in [9.17, 15) is 10.1 Å². The Balaban J connectivity index is 0.00000124. The van der Waals surface area contributed by atoms with Crippen molar-refractivity contribution >= 4 is 33.9 Å². The first-order valence-electron chi connectivity index (χ1n) is 9.89. The summed E-state index contributed by atoms with van der Waals surface area (Å²) >= 11 is 6.07. The molecule has 4 rings (SSSR count). The molecule has 0 amide bonds. The van der Waals surface area contributed by atoms with Crippen LogP contribution in [0.1, 0.15) is 55.4 Å². The number of fused-ring (bicyclic) bond motifs is 3. The average molecular weight is 420 g/mol. The molecule has 0 N–H and O–H groups in total. The van der Waals surface area contributed by atoms with Gasteiger partial charge in [-0.05, 0) is 31.0 Å². The van der Waals surface area contributed by atoms with Gasteiger partial charge in [0, 0.05) is 41.4 Å². The van der Waals surface area contributed by atoms with E-state index in [1.165, 1.54) is 6.20 Å². The minimum atomic E-state index is 0.0345. The van der Waals surface area contributed by atoms with Crippen LogP contribution >= 0.6 is 11.6 Å². The zero-order valence-electron chi connectivity index (χ0n) is 17.4. The Morgan fingerprint density at radius 3 is 2.53 bits per heavy atom. The number of carbonyl (C=O) groups excluding carboxylic acids is 1. The molecule has 0 radical (unpaired) electrons. The number of aryl methyl sites for hydroxylation is 1. The quantitative estimate of drug-likeness (QED) is 0.309. The molecule has 6 nitrogen and oxygen atoms in total. The number of hydrogen-bond acceptors (Lipinski definition) is 5. The van der Waals surface area contributed by atoms with Crippen molar-refractivity contribution < 1.29 is 4.79 Å². The van der Waals surface area contributed by atoms with Crippen LogP contribution in [0, 0.1) is 18.3 Å². The Kier molecular flexibility index (Phi) is 6.43. The summed E-state index contributed by atoms with van der Waals surface area (Å²) in [5.74, 6) is 0.0345. The third-order valence-electron chi connectivity index (χ3n) is 4.70. The molecule has 0 aliphatic heterocycles. The van der Waals surface area contributed by atoms with E-state index in [0.717, 1.165) is 34.0 Å². The fourth-order valence-corrected chi connectivity index (χ4v) is 3.52. The number of nitrogens with zero attached hydrogens (tertiary/aromatic N) is 5. The van der Waals surface area contributed by atoms with E-state index in [0.29, 0.717) is 28.6 Å². The lowest BCUT2D eigenvalue weighted by Crippen LogP contribution is -2.03. The number of hydrogen-bond donors (Lipinski definition) is 0. The molecule has 0 aromatic carbocycles. The van der Waals surface area contributed by atoms with Crippen molar-refractivity contribution in [3.05, 3.63) is 58.9 Å². The summed E-state index contributed by atoms with van der Waals surface area (Å²) in [5.41, 5.74) is 4.85. The number of pyridine rings is 3. The maximum atomic E-state index is 12.2. The van der Waals surface area contributed by atoms with Crippen LogP contribution in [0.25, 0.3) is 27.7 Å². The Morgan fingerprint density at radius 1 is 1.10 bits per heavy atom. The minimum absolute atomic E-state index is 0.0345. The number of nitriles is 1. The smallest absolute Gasteiger partial charge is 0.181 e. The second-order valence-corrected chi connectivity index (χ2v) is 6.98. The van der Waals surface area contributed by atoms with Crippen LogP contribution in [-0.2, 0) is 0 Å². The highest BCUT2D eigenvalue weighted by atomic mass is 35.5. The van der Waals surface area contributed by atoms with Gasteiger partial charge >= 0.3 is 0 Å². The molecule has 0 saturated heterocycles. The minimum Gasteiger partial charge on any atom is -0.292 e. The van der Waals surface area contributed by atoms with Crippen LogP contribution in [0.2, 0.25) is 5.15 Å². The highest BCUT2D eigenvalue weighted by molar-refractivity contribution is 6.30. The summed E-state index contributed by atoms with van der Waals surface area (Å²) in [6.45, 7) is 7.91. The Labute approximate surface area is 180 Å². The van der Waals surface area contributed by atoms with E-state index in [-0.39, 0.29) is 5.78 Å². The van der Waals surface area contributed by atoms with Crippen LogP contribution < -0.4 is 0 Å². The lowest BCUT2D eigenvalue weighted by molar-refractivity contribution is 0.0977. The monoisotopic (exact) mass is 419 g/mol. The van der Waals surface area contributed by atoms with Gasteiger partial charge in [0.25, 0.3) is 0 Å². The number of halogens is 1. The largest absolute Gasteiger partial charge is 0.292 e. The van der Waals surface area contributed by atoms with Gasteiger partial charge in [0.05, 0.1) is 11.7 Å². The van der Waals surface area contributed by atoms with Crippen LogP contribution in [-0.4, -0.2) is 25.1 Å². The molecule has 4 aromatic rings. The van der Waals surface area contributed by atoms with E-state index in [1.807, 2.05) is 39.8 Å². The Bertz CT molecular complexity index is 1290. The summed E-state index contributed by atoms with van der Waals surface area (Å²) in [6, 6.07) is 7.65. The molecule has 0 spiro atoms. The summed E-state index contributed by atoms with van der Waals surface area (Å²) in [5, 5.41) is 10.7. The predicted octanol–water partition coefficient (Wildman–Crippen LogP) is 5.79. The molecular formula is C23H22ClN5O. The molecular weight excluding hydrogens is 398 g/mol. The van der Waals surface area contributed by atoms with E-state index in [1.54, 1.807) is 22.9 Å². The second kappa shape index (κ2) is 9.02. The first-order valence-corrected chi connectivity index (χ1v) is 10.3. The SMILES string of the molecule is CC.CCCC(=O)c1cc(C)c(-c2cc3cnc(Cl)cc3n3c(C#N)cnc23)cn1. The van der Waals surface area contributed by atoms with Crippen molar-refractivity contribution in [1.82, 2.24) is 19.4 Å². The highest BCUT2D eigenvalue weighted by Gasteiger charge is 2.17. The Morgan fingerprint density at radius 2 is 1.87 bits per heavy atom. The van der Waals surface area contributed by atoms with E-state index in [2.05, 4.69) is 21.0 Å². The topological polar surface area (TPSA) is 83.9 Å². The summed E-state index contributed by atoms with van der Waals surface area (Å²) in [4.78, 5) is 25.2. The number of Topliss-reactive ketones (excluding diaryl/α,β-unsaturated/α-hetero) is 1. The molecule has 4 aromatic heterocycles. The first kappa shape index (κ1) is 21.4. The third-order valence-corrected chi connectivity index (χ3v) is 4.91. The molecule has 0 atom stereocenters. The first-order chi connectivity index (χ1) is 14.5. The Hall–Kier alpha value is -3.30.